The molecule has 2 nitrogen and oxygen atoms in total. The summed E-state index contributed by atoms with van der Waals surface area (Å²) in [7, 11) is 0. The first-order valence-electron chi connectivity index (χ1n) is 6.99. The van der Waals surface area contributed by atoms with Gasteiger partial charge in [0, 0.05) is 23.4 Å². The first-order valence-corrected chi connectivity index (χ1v) is 7.74. The molecule has 2 aromatic rings. The quantitative estimate of drug-likeness (QED) is 0.703. The Hall–Kier alpha value is -1.25. The van der Waals surface area contributed by atoms with Gasteiger partial charge < -0.3 is 4.57 Å². The van der Waals surface area contributed by atoms with Crippen molar-refractivity contribution in [1.29, 1.82) is 0 Å². The average Bonchev–Trinajstić information content (AvgIpc) is 2.66. The molecule has 0 N–H and O–H groups in total. The summed E-state index contributed by atoms with van der Waals surface area (Å²) in [6, 6.07) is 7.43. The van der Waals surface area contributed by atoms with E-state index >= 15 is 0 Å². The number of hydrogen-bond donors (Lipinski definition) is 0. The van der Waals surface area contributed by atoms with E-state index in [0.29, 0.717) is 16.5 Å². The van der Waals surface area contributed by atoms with Crippen LogP contribution in [-0.4, -0.2) is 10.4 Å². The van der Waals surface area contributed by atoms with Crippen LogP contribution in [0.15, 0.2) is 24.3 Å². The number of para-hydroxylation sites is 1. The first-order chi connectivity index (χ1) is 9.80. The maximum absolute atomic E-state index is 12.4. The van der Waals surface area contributed by atoms with Crippen LogP contribution in [0.25, 0.3) is 5.69 Å². The monoisotopic (exact) mass is 321 g/mol. The molecular formula is C17H17Cl2NO. The second-order valence-corrected chi connectivity index (χ2v) is 7.31. The zero-order valence-electron chi connectivity index (χ0n) is 12.3. The minimum absolute atomic E-state index is 0.0413. The zero-order chi connectivity index (χ0) is 15.4. The Morgan fingerprint density at radius 3 is 2.38 bits per heavy atom. The molecule has 110 valence electrons. The molecule has 0 bridgehead atoms. The molecule has 0 spiro atoms. The molecule has 0 aliphatic heterocycles. The molecular weight excluding hydrogens is 305 g/mol. The molecule has 0 radical (unpaired) electrons. The van der Waals surface area contributed by atoms with E-state index in [1.807, 2.05) is 35.8 Å². The van der Waals surface area contributed by atoms with E-state index in [0.717, 1.165) is 29.1 Å². The number of carbonyl (C=O) groups is 1. The van der Waals surface area contributed by atoms with Crippen molar-refractivity contribution in [3.8, 4) is 5.69 Å². The zero-order valence-corrected chi connectivity index (χ0v) is 13.8. The summed E-state index contributed by atoms with van der Waals surface area (Å²) in [4.78, 5) is 12.4. The minimum atomic E-state index is -0.0413. The van der Waals surface area contributed by atoms with E-state index in [9.17, 15) is 4.79 Å². The normalized spacial score (nSPS) is 16.9. The van der Waals surface area contributed by atoms with Gasteiger partial charge >= 0.3 is 0 Å². The van der Waals surface area contributed by atoms with Crippen molar-refractivity contribution >= 4 is 29.0 Å². The topological polar surface area (TPSA) is 22.0 Å². The predicted octanol–water partition coefficient (Wildman–Crippen LogP) is 5.25. The maximum atomic E-state index is 12.4. The van der Waals surface area contributed by atoms with Gasteiger partial charge in [0.2, 0.25) is 0 Å². The fraction of sp³-hybridized carbons (Fsp3) is 0.353. The van der Waals surface area contributed by atoms with Crippen LogP contribution in [0.2, 0.25) is 10.0 Å². The fourth-order valence-corrected chi connectivity index (χ4v) is 3.73. The number of aryl methyl sites for hydroxylation is 1. The van der Waals surface area contributed by atoms with E-state index in [4.69, 9.17) is 23.2 Å². The van der Waals surface area contributed by atoms with Crippen LogP contribution >= 0.6 is 23.2 Å². The van der Waals surface area contributed by atoms with Gasteiger partial charge in [0.1, 0.15) is 0 Å². The van der Waals surface area contributed by atoms with Gasteiger partial charge in [-0.3, -0.25) is 4.79 Å². The minimum Gasteiger partial charge on any atom is -0.315 e. The van der Waals surface area contributed by atoms with Crippen molar-refractivity contribution in [3.63, 3.8) is 0 Å². The molecule has 3 rings (SSSR count). The summed E-state index contributed by atoms with van der Waals surface area (Å²) < 4.78 is 2.04. The molecule has 0 unspecified atom stereocenters. The lowest BCUT2D eigenvalue weighted by Gasteiger charge is -2.30. The summed E-state index contributed by atoms with van der Waals surface area (Å²) in [6.45, 7) is 6.22. The van der Waals surface area contributed by atoms with Crippen LogP contribution in [0.4, 0.5) is 0 Å². The highest BCUT2D eigenvalue weighted by molar-refractivity contribution is 6.37. The van der Waals surface area contributed by atoms with Crippen molar-refractivity contribution < 1.29 is 4.79 Å². The SMILES string of the molecule is Cc1cc2c(n1-c1c(Cl)cccc1Cl)CC(C)(C)CC2=O. The number of benzene rings is 1. The van der Waals surface area contributed by atoms with Gasteiger partial charge in [0.25, 0.3) is 0 Å². The summed E-state index contributed by atoms with van der Waals surface area (Å²) in [5.41, 5.74) is 3.54. The molecule has 1 aliphatic carbocycles. The van der Waals surface area contributed by atoms with Crippen molar-refractivity contribution in [2.45, 2.75) is 33.6 Å². The predicted molar refractivity (Wildman–Crippen MR) is 87.0 cm³/mol. The highest BCUT2D eigenvalue weighted by atomic mass is 35.5. The lowest BCUT2D eigenvalue weighted by atomic mass is 9.76. The van der Waals surface area contributed by atoms with Crippen LogP contribution in [-0.2, 0) is 6.42 Å². The molecule has 0 saturated heterocycles. The number of hydrogen-bond acceptors (Lipinski definition) is 1. The summed E-state index contributed by atoms with van der Waals surface area (Å²) in [5, 5.41) is 1.19. The molecule has 0 saturated carbocycles. The number of rotatable bonds is 1. The maximum Gasteiger partial charge on any atom is 0.165 e. The lowest BCUT2D eigenvalue weighted by Crippen LogP contribution is -2.27. The van der Waals surface area contributed by atoms with Gasteiger partial charge in [0.05, 0.1) is 15.7 Å². The largest absolute Gasteiger partial charge is 0.315 e. The molecule has 1 aromatic carbocycles. The number of aromatic nitrogens is 1. The van der Waals surface area contributed by atoms with Crippen molar-refractivity contribution in [3.05, 3.63) is 51.3 Å². The third kappa shape index (κ3) is 2.41. The molecule has 0 amide bonds. The second-order valence-electron chi connectivity index (χ2n) is 6.49. The highest BCUT2D eigenvalue weighted by Gasteiger charge is 2.34. The van der Waals surface area contributed by atoms with E-state index in [2.05, 4.69) is 13.8 Å². The molecule has 4 heteroatoms. The first kappa shape index (κ1) is 14.7. The van der Waals surface area contributed by atoms with Gasteiger partial charge in [-0.2, -0.15) is 0 Å². The smallest absolute Gasteiger partial charge is 0.165 e. The number of ketones is 1. The standard InChI is InChI=1S/C17H17Cl2NO/c1-10-7-11-14(8-17(2,3)9-15(11)21)20(10)16-12(18)5-4-6-13(16)19/h4-7H,8-9H2,1-3H3. The number of fused-ring (bicyclic) bond motifs is 1. The molecule has 1 heterocycles. The van der Waals surface area contributed by atoms with Crippen molar-refractivity contribution in [2.75, 3.05) is 0 Å². The van der Waals surface area contributed by atoms with Gasteiger partial charge in [0.15, 0.2) is 5.78 Å². The lowest BCUT2D eigenvalue weighted by molar-refractivity contribution is 0.0911. The molecule has 1 aliphatic rings. The van der Waals surface area contributed by atoms with Crippen molar-refractivity contribution in [1.82, 2.24) is 4.57 Å². The van der Waals surface area contributed by atoms with Gasteiger partial charge in [-0.1, -0.05) is 43.1 Å². The van der Waals surface area contributed by atoms with Gasteiger partial charge in [-0.25, -0.2) is 0 Å². The molecule has 1 aromatic heterocycles. The number of halogens is 2. The Morgan fingerprint density at radius 2 is 1.76 bits per heavy atom. The number of nitrogens with zero attached hydrogens (tertiary/aromatic N) is 1. The average molecular weight is 322 g/mol. The third-order valence-corrected chi connectivity index (χ3v) is 4.64. The van der Waals surface area contributed by atoms with E-state index in [1.54, 1.807) is 0 Å². The molecule has 21 heavy (non-hydrogen) atoms. The Labute approximate surface area is 134 Å². The van der Waals surface area contributed by atoms with Gasteiger partial charge in [-0.15, -0.1) is 0 Å². The Morgan fingerprint density at radius 1 is 1.14 bits per heavy atom. The third-order valence-electron chi connectivity index (χ3n) is 4.03. The number of carbonyl (C=O) groups excluding carboxylic acids is 1. The Bertz CT molecular complexity index is 723. The molecule has 0 fully saturated rings. The highest BCUT2D eigenvalue weighted by Crippen LogP contribution is 2.40. The Balaban J connectivity index is 2.29. The number of Topliss-reactive ketones (excluding diaryl/α,β-unsaturated/α-hetero) is 1. The fourth-order valence-electron chi connectivity index (χ4n) is 3.17. The van der Waals surface area contributed by atoms with E-state index in [1.165, 1.54) is 0 Å². The summed E-state index contributed by atoms with van der Waals surface area (Å²) in [6.07, 6.45) is 1.42. The van der Waals surface area contributed by atoms with Crippen molar-refractivity contribution in [2.24, 2.45) is 5.41 Å². The van der Waals surface area contributed by atoms with Crippen LogP contribution in [0, 0.1) is 12.3 Å². The second kappa shape index (κ2) is 4.89. The van der Waals surface area contributed by atoms with Gasteiger partial charge in [-0.05, 0) is 37.0 Å². The summed E-state index contributed by atoms with van der Waals surface area (Å²) >= 11 is 12.7. The molecule has 0 atom stereocenters. The van der Waals surface area contributed by atoms with E-state index in [-0.39, 0.29) is 11.2 Å². The van der Waals surface area contributed by atoms with Crippen LogP contribution in [0.3, 0.4) is 0 Å². The van der Waals surface area contributed by atoms with Crippen LogP contribution in [0.1, 0.15) is 42.0 Å². The Kier molecular flexibility index (Phi) is 3.42. The van der Waals surface area contributed by atoms with E-state index < -0.39 is 0 Å². The van der Waals surface area contributed by atoms with Crippen LogP contribution < -0.4 is 0 Å². The van der Waals surface area contributed by atoms with Crippen LogP contribution in [0.5, 0.6) is 0 Å². The summed E-state index contributed by atoms with van der Waals surface area (Å²) in [5.74, 6) is 0.200.